The topological polar surface area (TPSA) is 154 Å². The van der Waals surface area contributed by atoms with Gasteiger partial charge in [0, 0.05) is 17.8 Å². The maximum Gasteiger partial charge on any atom is 0.407 e. The first kappa shape index (κ1) is 29.7. The number of nitrogens with one attached hydrogen (secondary N) is 3. The molecular formula is C29H36FN7O4. The van der Waals surface area contributed by atoms with Crippen molar-refractivity contribution in [2.45, 2.75) is 70.8 Å². The minimum Gasteiger partial charge on any atom is -0.449 e. The van der Waals surface area contributed by atoms with Crippen LogP contribution in [0.2, 0.25) is 0 Å². The molecule has 0 spiro atoms. The highest BCUT2D eigenvalue weighted by Gasteiger charge is 2.32. The Balaban J connectivity index is 1.51. The van der Waals surface area contributed by atoms with Crippen LogP contribution in [0, 0.1) is 17.2 Å². The van der Waals surface area contributed by atoms with E-state index in [1.165, 1.54) is 26.2 Å². The van der Waals surface area contributed by atoms with Gasteiger partial charge in [-0.05, 0) is 77.6 Å². The van der Waals surface area contributed by atoms with Crippen LogP contribution in [0.15, 0.2) is 36.7 Å². The number of aromatic nitrogens is 3. The van der Waals surface area contributed by atoms with Crippen molar-refractivity contribution in [2.75, 3.05) is 18.5 Å². The van der Waals surface area contributed by atoms with Crippen LogP contribution in [0.25, 0.3) is 16.9 Å². The molecule has 4 N–H and O–H groups in total. The summed E-state index contributed by atoms with van der Waals surface area (Å²) < 4.78 is 21.3. The second-order valence-electron chi connectivity index (χ2n) is 12.0. The molecule has 1 aliphatic carbocycles. The Morgan fingerprint density at radius 2 is 1.95 bits per heavy atom. The maximum absolute atomic E-state index is 14.3. The van der Waals surface area contributed by atoms with Crippen LogP contribution in [-0.4, -0.2) is 68.2 Å². The van der Waals surface area contributed by atoms with E-state index in [-0.39, 0.29) is 36.2 Å². The van der Waals surface area contributed by atoms with E-state index in [9.17, 15) is 24.3 Å². The largest absolute Gasteiger partial charge is 0.449 e. The Kier molecular flexibility index (Phi) is 8.49. The Morgan fingerprint density at radius 3 is 2.61 bits per heavy atom. The fraction of sp³-hybridized carbons (Fsp3) is 0.483. The molecule has 0 bridgehead atoms. The van der Waals surface area contributed by atoms with Crippen LogP contribution in [-0.2, 0) is 4.74 Å². The van der Waals surface area contributed by atoms with Crippen molar-refractivity contribution in [2.24, 2.45) is 5.92 Å². The quantitative estimate of drug-likeness (QED) is 0.305. The first-order valence-corrected chi connectivity index (χ1v) is 13.5. The smallest absolute Gasteiger partial charge is 0.407 e. The molecule has 0 aliphatic heterocycles. The summed E-state index contributed by atoms with van der Waals surface area (Å²) in [7, 11) is 0. The standard InChI is InChI=1S/C29H36FN7O4/c1-28(2,3)36-27(39)41-16-17-8-19(9-17)35-22-11-23(24-7-6-20-10-18(12-31)13-34-37(20)24)32-14-21(22)26(38)33-15-25(30)29(4,5)40/h6-7,10-11,13-14,17,19,25,40H,8-9,15-16H2,1-5H3,(H,32,35)(H,33,38)(H,36,39)/t17?,19?,25-/m1/s1. The van der Waals surface area contributed by atoms with Crippen LogP contribution in [0.4, 0.5) is 14.9 Å². The maximum atomic E-state index is 14.3. The Bertz CT molecular complexity index is 1460. The van der Waals surface area contributed by atoms with Gasteiger partial charge in [-0.25, -0.2) is 13.7 Å². The van der Waals surface area contributed by atoms with Gasteiger partial charge in [0.15, 0.2) is 0 Å². The van der Waals surface area contributed by atoms with E-state index in [2.05, 4.69) is 32.1 Å². The zero-order valence-corrected chi connectivity index (χ0v) is 23.9. The normalized spacial score (nSPS) is 17.7. The molecule has 3 aromatic heterocycles. The number of carbonyl (C=O) groups is 2. The van der Waals surface area contributed by atoms with Crippen molar-refractivity contribution in [3.8, 4) is 17.5 Å². The highest BCUT2D eigenvalue weighted by atomic mass is 19.1. The molecule has 0 unspecified atom stereocenters. The molecule has 1 saturated carbocycles. The highest BCUT2D eigenvalue weighted by Crippen LogP contribution is 2.33. The number of alkyl carbamates (subject to hydrolysis) is 1. The first-order valence-electron chi connectivity index (χ1n) is 13.5. The van der Waals surface area contributed by atoms with Crippen LogP contribution < -0.4 is 16.0 Å². The van der Waals surface area contributed by atoms with Crippen LogP contribution in [0.1, 0.15) is 63.4 Å². The van der Waals surface area contributed by atoms with Gasteiger partial charge in [0.1, 0.15) is 12.2 Å². The minimum absolute atomic E-state index is 0.0155. The second kappa shape index (κ2) is 11.7. The molecular weight excluding hydrogens is 529 g/mol. The van der Waals surface area contributed by atoms with Crippen molar-refractivity contribution < 1.29 is 23.8 Å². The van der Waals surface area contributed by atoms with Crippen molar-refractivity contribution in [1.29, 1.82) is 5.26 Å². The van der Waals surface area contributed by atoms with Gasteiger partial charge >= 0.3 is 6.09 Å². The fourth-order valence-electron chi connectivity index (χ4n) is 4.42. The third-order valence-corrected chi connectivity index (χ3v) is 6.77. The highest BCUT2D eigenvalue weighted by molar-refractivity contribution is 6.00. The SMILES string of the molecule is CC(C)(C)NC(=O)OCC1CC(Nc2cc(-c3ccc4cc(C#N)cnn34)ncc2C(=O)NC[C@@H](F)C(C)(C)O)C1. The van der Waals surface area contributed by atoms with Crippen LogP contribution in [0.3, 0.4) is 0 Å². The number of hydrogen-bond acceptors (Lipinski definition) is 8. The van der Waals surface area contributed by atoms with E-state index >= 15 is 0 Å². The van der Waals surface area contributed by atoms with Crippen molar-refractivity contribution in [3.05, 3.63) is 47.8 Å². The van der Waals surface area contributed by atoms with Crippen LogP contribution in [0.5, 0.6) is 0 Å². The van der Waals surface area contributed by atoms with E-state index in [1.807, 2.05) is 32.9 Å². The van der Waals surface area contributed by atoms with Crippen molar-refractivity contribution >= 4 is 23.2 Å². The third kappa shape index (κ3) is 7.49. The molecule has 0 radical (unpaired) electrons. The summed E-state index contributed by atoms with van der Waals surface area (Å²) in [6.07, 6.45) is 2.21. The number of nitrogens with zero attached hydrogens (tertiary/aromatic N) is 4. The van der Waals surface area contributed by atoms with Gasteiger partial charge < -0.3 is 25.8 Å². The number of rotatable bonds is 9. The molecule has 3 aromatic rings. The summed E-state index contributed by atoms with van der Waals surface area (Å²) in [4.78, 5) is 29.5. The van der Waals surface area contributed by atoms with Gasteiger partial charge in [-0.3, -0.25) is 9.78 Å². The zero-order chi connectivity index (χ0) is 29.9. The van der Waals surface area contributed by atoms with Gasteiger partial charge in [-0.2, -0.15) is 10.4 Å². The third-order valence-electron chi connectivity index (χ3n) is 6.77. The first-order chi connectivity index (χ1) is 19.2. The molecule has 11 nitrogen and oxygen atoms in total. The monoisotopic (exact) mass is 565 g/mol. The van der Waals surface area contributed by atoms with E-state index in [0.717, 1.165) is 18.4 Å². The summed E-state index contributed by atoms with van der Waals surface area (Å²) in [6.45, 7) is 8.24. The molecule has 1 fully saturated rings. The minimum atomic E-state index is -1.66. The van der Waals surface area contributed by atoms with E-state index < -0.39 is 23.8 Å². The lowest BCUT2D eigenvalue weighted by Gasteiger charge is -2.36. The number of fused-ring (bicyclic) bond motifs is 1. The number of anilines is 1. The van der Waals surface area contributed by atoms with Gasteiger partial charge in [0.05, 0.1) is 58.7 Å². The van der Waals surface area contributed by atoms with E-state index in [1.54, 1.807) is 16.6 Å². The molecule has 218 valence electrons. The second-order valence-corrected chi connectivity index (χ2v) is 12.0. The number of hydrogen-bond donors (Lipinski definition) is 4. The molecule has 0 aromatic carbocycles. The molecule has 1 atom stereocenters. The molecule has 41 heavy (non-hydrogen) atoms. The number of carbonyl (C=O) groups excluding carboxylic acids is 2. The number of aliphatic hydroxyl groups is 1. The summed E-state index contributed by atoms with van der Waals surface area (Å²) in [5.74, 6) is -0.364. The van der Waals surface area contributed by atoms with Gasteiger partial charge in [0.2, 0.25) is 0 Å². The lowest BCUT2D eigenvalue weighted by molar-refractivity contribution is -0.00178. The number of amides is 2. The number of ether oxygens (including phenoxy) is 1. The molecule has 1 aliphatic rings. The number of halogens is 1. The number of nitriles is 1. The lowest BCUT2D eigenvalue weighted by atomic mass is 9.80. The van der Waals surface area contributed by atoms with E-state index in [4.69, 9.17) is 4.74 Å². The lowest BCUT2D eigenvalue weighted by Crippen LogP contribution is -2.43. The summed E-state index contributed by atoms with van der Waals surface area (Å²) >= 11 is 0. The predicted molar refractivity (Wildman–Crippen MR) is 151 cm³/mol. The molecule has 3 heterocycles. The fourth-order valence-corrected chi connectivity index (χ4v) is 4.42. The number of alkyl halides is 1. The Labute approximate surface area is 238 Å². The van der Waals surface area contributed by atoms with Crippen molar-refractivity contribution in [3.63, 3.8) is 0 Å². The summed E-state index contributed by atoms with van der Waals surface area (Å²) in [6, 6.07) is 9.18. The molecule has 2 amide bonds. The zero-order valence-electron chi connectivity index (χ0n) is 23.9. The van der Waals surface area contributed by atoms with Gasteiger partial charge in [0.25, 0.3) is 5.91 Å². The molecule has 4 rings (SSSR count). The average molecular weight is 566 g/mol. The van der Waals surface area contributed by atoms with Gasteiger partial charge in [-0.15, -0.1) is 0 Å². The van der Waals surface area contributed by atoms with Crippen LogP contribution >= 0.6 is 0 Å². The van der Waals surface area contributed by atoms with Gasteiger partial charge in [-0.1, -0.05) is 0 Å². The number of pyridine rings is 1. The predicted octanol–water partition coefficient (Wildman–Crippen LogP) is 3.82. The summed E-state index contributed by atoms with van der Waals surface area (Å²) in [5, 5.41) is 32.1. The van der Waals surface area contributed by atoms with E-state index in [0.29, 0.717) is 22.6 Å². The average Bonchev–Trinajstić information content (AvgIpc) is 3.29. The van der Waals surface area contributed by atoms with Crippen molar-refractivity contribution in [1.82, 2.24) is 25.2 Å². The Hall–Kier alpha value is -4.24. The molecule has 0 saturated heterocycles. The molecule has 12 heteroatoms. The Morgan fingerprint density at radius 1 is 1.22 bits per heavy atom. The summed E-state index contributed by atoms with van der Waals surface area (Å²) in [5.41, 5.74) is 1.10.